The normalized spacial score (nSPS) is 13.2. The van der Waals surface area contributed by atoms with Crippen molar-refractivity contribution in [2.45, 2.75) is 26.5 Å². The van der Waals surface area contributed by atoms with Crippen molar-refractivity contribution in [2.24, 2.45) is 4.99 Å². The average molecular weight is 323 g/mol. The van der Waals surface area contributed by atoms with Crippen molar-refractivity contribution in [3.63, 3.8) is 0 Å². The lowest BCUT2D eigenvalue weighted by atomic mass is 10.2. The van der Waals surface area contributed by atoms with Gasteiger partial charge in [0, 0.05) is 12.0 Å². The Balaban J connectivity index is 2.15. The number of para-hydroxylation sites is 2. The molecule has 3 rings (SSSR count). The highest BCUT2D eigenvalue weighted by Gasteiger charge is 2.18. The third-order valence-corrected chi connectivity index (χ3v) is 3.76. The summed E-state index contributed by atoms with van der Waals surface area (Å²) in [5.41, 5.74) is 2.41. The van der Waals surface area contributed by atoms with Crippen molar-refractivity contribution in [3.8, 4) is 0 Å². The van der Waals surface area contributed by atoms with E-state index in [0.29, 0.717) is 24.9 Å². The summed E-state index contributed by atoms with van der Waals surface area (Å²) >= 11 is 0. The summed E-state index contributed by atoms with van der Waals surface area (Å²) in [6, 6.07) is 17.2. The Hall–Kier alpha value is -2.66. The summed E-state index contributed by atoms with van der Waals surface area (Å²) in [7, 11) is 0. The van der Waals surface area contributed by atoms with Crippen LogP contribution in [0.2, 0.25) is 0 Å². The fourth-order valence-corrected chi connectivity index (χ4v) is 2.62. The number of aliphatic imine (C=N–C) groups is 1. The minimum absolute atomic E-state index is 0.442. The fourth-order valence-electron chi connectivity index (χ4n) is 2.62. The number of rotatable bonds is 5. The van der Waals surface area contributed by atoms with Crippen LogP contribution in [-0.2, 0) is 4.74 Å². The first-order valence-electron chi connectivity index (χ1n) is 8.15. The topological polar surface area (TPSA) is 59.6 Å². The molecular weight excluding hydrogens is 302 g/mol. The molecule has 5 nitrogen and oxygen atoms in total. The molecule has 0 amide bonds. The van der Waals surface area contributed by atoms with Crippen LogP contribution in [0.25, 0.3) is 11.0 Å². The maximum Gasteiger partial charge on any atom is 0.236 e. The van der Waals surface area contributed by atoms with Gasteiger partial charge in [-0.15, -0.1) is 0 Å². The van der Waals surface area contributed by atoms with Gasteiger partial charge in [0.15, 0.2) is 12.1 Å². The number of nitrogens with zero attached hydrogens (tertiary/aromatic N) is 3. The maximum absolute atomic E-state index is 10.9. The third-order valence-electron chi connectivity index (χ3n) is 3.76. The van der Waals surface area contributed by atoms with E-state index in [4.69, 9.17) is 4.74 Å². The van der Waals surface area contributed by atoms with Crippen LogP contribution in [0, 0.1) is 0 Å². The smallest absolute Gasteiger partial charge is 0.236 e. The minimum Gasteiger partial charge on any atom is -0.481 e. The molecule has 3 aromatic rings. The molecule has 0 bridgehead atoms. The molecule has 0 saturated carbocycles. The van der Waals surface area contributed by atoms with Gasteiger partial charge in [-0.3, -0.25) is 4.57 Å². The fraction of sp³-hybridized carbons (Fsp3) is 0.263. The highest BCUT2D eigenvalue weighted by Crippen LogP contribution is 2.29. The number of hydrogen-bond donors (Lipinski definition) is 1. The molecular formula is C19H21N3O2. The Kier molecular flexibility index (Phi) is 4.91. The van der Waals surface area contributed by atoms with E-state index in [-0.39, 0.29) is 0 Å². The van der Waals surface area contributed by atoms with E-state index < -0.39 is 6.23 Å². The zero-order valence-electron chi connectivity index (χ0n) is 13.9. The zero-order valence-corrected chi connectivity index (χ0v) is 13.9. The van der Waals surface area contributed by atoms with Gasteiger partial charge in [0.1, 0.15) is 0 Å². The lowest BCUT2D eigenvalue weighted by molar-refractivity contribution is 0.152. The van der Waals surface area contributed by atoms with Gasteiger partial charge < -0.3 is 9.84 Å². The molecule has 1 heterocycles. The zero-order chi connectivity index (χ0) is 16.9. The maximum atomic E-state index is 10.9. The molecule has 1 N–H and O–H groups in total. The largest absolute Gasteiger partial charge is 0.481 e. The van der Waals surface area contributed by atoms with Crippen molar-refractivity contribution < 1.29 is 9.84 Å². The predicted octanol–water partition coefficient (Wildman–Crippen LogP) is 4.05. The first-order valence-corrected chi connectivity index (χ1v) is 8.15. The van der Waals surface area contributed by atoms with Gasteiger partial charge in [-0.2, -0.15) is 4.99 Å². The molecule has 0 aliphatic heterocycles. The molecule has 0 spiro atoms. The number of aromatic nitrogens is 2. The lowest BCUT2D eigenvalue weighted by Gasteiger charge is -2.15. The Morgan fingerprint density at radius 1 is 1.12 bits per heavy atom. The average Bonchev–Trinajstić information content (AvgIpc) is 2.99. The number of aliphatic hydroxyl groups is 1. The van der Waals surface area contributed by atoms with Crippen LogP contribution in [0.15, 0.2) is 59.6 Å². The molecule has 0 radical (unpaired) electrons. The monoisotopic (exact) mass is 323 g/mol. The summed E-state index contributed by atoms with van der Waals surface area (Å²) in [6.45, 7) is 4.45. The van der Waals surface area contributed by atoms with Gasteiger partial charge in [0.25, 0.3) is 0 Å². The Bertz CT molecular complexity index is 840. The molecule has 0 fully saturated rings. The van der Waals surface area contributed by atoms with Crippen molar-refractivity contribution in [2.75, 3.05) is 6.61 Å². The highest BCUT2D eigenvalue weighted by molar-refractivity contribution is 5.82. The second kappa shape index (κ2) is 7.27. The molecule has 1 unspecified atom stereocenters. The van der Waals surface area contributed by atoms with Crippen LogP contribution in [0.1, 0.15) is 32.1 Å². The van der Waals surface area contributed by atoms with Gasteiger partial charge in [-0.05, 0) is 19.1 Å². The van der Waals surface area contributed by atoms with Crippen LogP contribution in [-0.4, -0.2) is 27.2 Å². The molecule has 0 aliphatic rings. The molecule has 1 aromatic heterocycles. The minimum atomic E-state index is -0.864. The predicted molar refractivity (Wildman–Crippen MR) is 95.5 cm³/mol. The van der Waals surface area contributed by atoms with E-state index in [1.54, 1.807) is 4.57 Å². The first-order chi connectivity index (χ1) is 11.7. The highest BCUT2D eigenvalue weighted by atomic mass is 16.5. The Morgan fingerprint density at radius 3 is 2.54 bits per heavy atom. The van der Waals surface area contributed by atoms with Crippen LogP contribution in [0.4, 0.5) is 5.95 Å². The number of aliphatic hydroxyl groups excluding tert-OH is 1. The SMILES string of the molecule is CCO/C(CC)=N/c1nc2ccccc2n1C(O)c1ccccc1. The summed E-state index contributed by atoms with van der Waals surface area (Å²) in [4.78, 5) is 9.10. The summed E-state index contributed by atoms with van der Waals surface area (Å²) < 4.78 is 7.28. The summed E-state index contributed by atoms with van der Waals surface area (Å²) in [5, 5.41) is 10.9. The molecule has 124 valence electrons. The summed E-state index contributed by atoms with van der Waals surface area (Å²) in [6.07, 6.45) is -0.199. The van der Waals surface area contributed by atoms with Gasteiger partial charge >= 0.3 is 0 Å². The van der Waals surface area contributed by atoms with Gasteiger partial charge in [0.05, 0.1) is 17.6 Å². The second-order valence-corrected chi connectivity index (χ2v) is 5.35. The van der Waals surface area contributed by atoms with Crippen LogP contribution < -0.4 is 0 Å². The van der Waals surface area contributed by atoms with Crippen LogP contribution in [0.3, 0.4) is 0 Å². The van der Waals surface area contributed by atoms with E-state index in [2.05, 4.69) is 9.98 Å². The number of fused-ring (bicyclic) bond motifs is 1. The van der Waals surface area contributed by atoms with Crippen molar-refractivity contribution in [3.05, 3.63) is 60.2 Å². The third kappa shape index (κ3) is 3.16. The Morgan fingerprint density at radius 2 is 1.83 bits per heavy atom. The molecule has 2 aromatic carbocycles. The molecule has 24 heavy (non-hydrogen) atoms. The van der Waals surface area contributed by atoms with E-state index >= 15 is 0 Å². The van der Waals surface area contributed by atoms with E-state index in [0.717, 1.165) is 16.6 Å². The standard InChI is InChI=1S/C19H21N3O2/c1-3-17(24-4-2)21-19-20-15-12-8-9-13-16(15)22(19)18(23)14-10-6-5-7-11-14/h5-13,18,23H,3-4H2,1-2H3/b21-17+. The van der Waals surface area contributed by atoms with E-state index in [9.17, 15) is 5.11 Å². The quantitative estimate of drug-likeness (QED) is 0.569. The molecule has 0 aliphatic carbocycles. The van der Waals surface area contributed by atoms with Gasteiger partial charge in [0.2, 0.25) is 5.95 Å². The van der Waals surface area contributed by atoms with Crippen LogP contribution >= 0.6 is 0 Å². The van der Waals surface area contributed by atoms with Crippen molar-refractivity contribution >= 4 is 22.9 Å². The van der Waals surface area contributed by atoms with Crippen molar-refractivity contribution in [1.29, 1.82) is 0 Å². The molecule has 1 atom stereocenters. The van der Waals surface area contributed by atoms with Gasteiger partial charge in [-0.25, -0.2) is 4.98 Å². The molecule has 5 heteroatoms. The Labute approximate surface area is 141 Å². The number of ether oxygens (including phenoxy) is 1. The summed E-state index contributed by atoms with van der Waals surface area (Å²) in [5.74, 6) is 1.05. The number of benzene rings is 2. The van der Waals surface area contributed by atoms with Crippen molar-refractivity contribution in [1.82, 2.24) is 9.55 Å². The lowest BCUT2D eigenvalue weighted by Crippen LogP contribution is -2.10. The van der Waals surface area contributed by atoms with Gasteiger partial charge in [-0.1, -0.05) is 49.4 Å². The molecule has 0 saturated heterocycles. The number of hydrogen-bond acceptors (Lipinski definition) is 4. The van der Waals surface area contributed by atoms with E-state index in [1.165, 1.54) is 0 Å². The van der Waals surface area contributed by atoms with E-state index in [1.807, 2.05) is 68.4 Å². The second-order valence-electron chi connectivity index (χ2n) is 5.35. The first kappa shape index (κ1) is 16.2. The van der Waals surface area contributed by atoms with Crippen LogP contribution in [0.5, 0.6) is 0 Å². The number of imidazole rings is 1.